The molecule has 1 amide bonds. The van der Waals surface area contributed by atoms with Crippen LogP contribution >= 0.6 is 0 Å². The minimum atomic E-state index is -0.571. The van der Waals surface area contributed by atoms with E-state index in [1.807, 2.05) is 0 Å². The first-order valence-electron chi connectivity index (χ1n) is 6.45. The molecule has 1 aromatic rings. The molecule has 0 aliphatic carbocycles. The van der Waals surface area contributed by atoms with Crippen LogP contribution in [-0.2, 0) is 0 Å². The van der Waals surface area contributed by atoms with Crippen molar-refractivity contribution in [1.29, 1.82) is 0 Å². The Morgan fingerprint density at radius 2 is 2.05 bits per heavy atom. The van der Waals surface area contributed by atoms with Crippen molar-refractivity contribution in [2.75, 3.05) is 12.3 Å². The first-order chi connectivity index (χ1) is 9.12. The highest BCUT2D eigenvalue weighted by atomic mass is 16.6. The van der Waals surface area contributed by atoms with Crippen LogP contribution in [0.15, 0.2) is 18.2 Å². The van der Waals surface area contributed by atoms with E-state index in [0.29, 0.717) is 18.0 Å². The number of hydrogen-bond acceptors (Lipinski definition) is 4. The third-order valence-corrected chi connectivity index (χ3v) is 3.53. The molecule has 1 aromatic carbocycles. The second-order valence-electron chi connectivity index (χ2n) is 6.01. The molecule has 20 heavy (non-hydrogen) atoms. The summed E-state index contributed by atoms with van der Waals surface area (Å²) in [5.41, 5.74) is 5.79. The zero-order valence-electron chi connectivity index (χ0n) is 12.3. The summed E-state index contributed by atoms with van der Waals surface area (Å²) in [5.74, 6) is 0.0320. The van der Waals surface area contributed by atoms with Crippen LogP contribution in [-0.4, -0.2) is 17.4 Å². The largest absolute Gasteiger partial charge is 0.393 e. The number of nitrogen functional groups attached to an aromatic ring is 1. The number of nitro benzene ring substituents is 1. The number of nitrogens with zero attached hydrogens (tertiary/aromatic N) is 1. The molecule has 0 bridgehead atoms. The monoisotopic (exact) mass is 279 g/mol. The van der Waals surface area contributed by atoms with Crippen LogP contribution in [0, 0.1) is 21.4 Å². The van der Waals surface area contributed by atoms with Crippen LogP contribution in [0.5, 0.6) is 0 Å². The van der Waals surface area contributed by atoms with Crippen molar-refractivity contribution in [3.63, 3.8) is 0 Å². The molecule has 110 valence electrons. The number of amides is 1. The summed E-state index contributed by atoms with van der Waals surface area (Å²) < 4.78 is 0. The molecular formula is C14H21N3O3. The Morgan fingerprint density at radius 3 is 2.50 bits per heavy atom. The Labute approximate surface area is 118 Å². The van der Waals surface area contributed by atoms with E-state index in [1.54, 1.807) is 0 Å². The van der Waals surface area contributed by atoms with Gasteiger partial charge in [0.05, 0.1) is 4.92 Å². The van der Waals surface area contributed by atoms with E-state index in [2.05, 4.69) is 33.0 Å². The second-order valence-corrected chi connectivity index (χ2v) is 6.01. The van der Waals surface area contributed by atoms with Crippen molar-refractivity contribution < 1.29 is 9.72 Å². The number of benzene rings is 1. The van der Waals surface area contributed by atoms with E-state index in [4.69, 9.17) is 5.73 Å². The molecule has 0 saturated heterocycles. The Bertz CT molecular complexity index is 521. The molecular weight excluding hydrogens is 258 g/mol. The van der Waals surface area contributed by atoms with Crippen molar-refractivity contribution in [3.05, 3.63) is 33.9 Å². The van der Waals surface area contributed by atoms with Gasteiger partial charge in [-0.05, 0) is 23.5 Å². The van der Waals surface area contributed by atoms with Crippen LogP contribution in [0.2, 0.25) is 0 Å². The maximum absolute atomic E-state index is 12.0. The standard InChI is InChI=1S/C14H21N3O3/c1-9(14(2,3)4)8-16-13(18)10-5-6-12(17(19)20)11(15)7-10/h5-7,9H,8,15H2,1-4H3,(H,16,18). The van der Waals surface area contributed by atoms with Crippen LogP contribution in [0.4, 0.5) is 11.4 Å². The van der Waals surface area contributed by atoms with Crippen molar-refractivity contribution in [3.8, 4) is 0 Å². The molecule has 0 aromatic heterocycles. The fourth-order valence-corrected chi connectivity index (χ4v) is 1.52. The van der Waals surface area contributed by atoms with Gasteiger partial charge in [-0.3, -0.25) is 14.9 Å². The van der Waals surface area contributed by atoms with Gasteiger partial charge in [0.2, 0.25) is 0 Å². The number of anilines is 1. The van der Waals surface area contributed by atoms with Gasteiger partial charge in [0.25, 0.3) is 11.6 Å². The highest BCUT2D eigenvalue weighted by Crippen LogP contribution is 2.25. The summed E-state index contributed by atoms with van der Waals surface area (Å²) in [6.45, 7) is 8.92. The molecule has 1 unspecified atom stereocenters. The second kappa shape index (κ2) is 5.90. The quantitative estimate of drug-likeness (QED) is 0.502. The van der Waals surface area contributed by atoms with Gasteiger partial charge < -0.3 is 11.1 Å². The minimum Gasteiger partial charge on any atom is -0.393 e. The number of hydrogen-bond donors (Lipinski definition) is 2. The number of carbonyl (C=O) groups is 1. The molecule has 0 aliphatic heterocycles. The van der Waals surface area contributed by atoms with Gasteiger partial charge in [0.15, 0.2) is 0 Å². The zero-order chi connectivity index (χ0) is 15.5. The number of nitrogens with one attached hydrogen (secondary N) is 1. The highest BCUT2D eigenvalue weighted by Gasteiger charge is 2.21. The Kier molecular flexibility index (Phi) is 4.70. The summed E-state index contributed by atoms with van der Waals surface area (Å²) in [4.78, 5) is 22.1. The van der Waals surface area contributed by atoms with E-state index in [1.165, 1.54) is 18.2 Å². The maximum Gasteiger partial charge on any atom is 0.292 e. The molecule has 6 heteroatoms. The lowest BCUT2D eigenvalue weighted by atomic mass is 9.82. The van der Waals surface area contributed by atoms with E-state index in [0.717, 1.165) is 0 Å². The van der Waals surface area contributed by atoms with Crippen LogP contribution < -0.4 is 11.1 Å². The van der Waals surface area contributed by atoms with Crippen molar-refractivity contribution in [2.45, 2.75) is 27.7 Å². The Hall–Kier alpha value is -2.11. The van der Waals surface area contributed by atoms with Gasteiger partial charge in [-0.25, -0.2) is 0 Å². The van der Waals surface area contributed by atoms with Gasteiger partial charge in [-0.1, -0.05) is 27.7 Å². The minimum absolute atomic E-state index is 0.00785. The van der Waals surface area contributed by atoms with Crippen molar-refractivity contribution in [2.24, 2.45) is 11.3 Å². The molecule has 0 saturated carbocycles. The van der Waals surface area contributed by atoms with Gasteiger partial charge in [-0.2, -0.15) is 0 Å². The van der Waals surface area contributed by atoms with Gasteiger partial charge in [0.1, 0.15) is 5.69 Å². The van der Waals surface area contributed by atoms with E-state index in [9.17, 15) is 14.9 Å². The SMILES string of the molecule is CC(CNC(=O)c1ccc([N+](=O)[O-])c(N)c1)C(C)(C)C. The number of nitrogens with two attached hydrogens (primary N) is 1. The molecule has 1 rings (SSSR count). The highest BCUT2D eigenvalue weighted by molar-refractivity contribution is 5.95. The van der Waals surface area contributed by atoms with Crippen LogP contribution in [0.1, 0.15) is 38.1 Å². The first-order valence-corrected chi connectivity index (χ1v) is 6.45. The number of rotatable bonds is 4. The topological polar surface area (TPSA) is 98.3 Å². The maximum atomic E-state index is 12.0. The average molecular weight is 279 g/mol. The molecule has 0 spiro atoms. The molecule has 0 aliphatic rings. The Morgan fingerprint density at radius 1 is 1.45 bits per heavy atom. The molecule has 3 N–H and O–H groups in total. The van der Waals surface area contributed by atoms with E-state index in [-0.39, 0.29) is 22.7 Å². The Balaban J connectivity index is 2.74. The fourth-order valence-electron chi connectivity index (χ4n) is 1.52. The molecule has 0 fully saturated rings. The van der Waals surface area contributed by atoms with Crippen molar-refractivity contribution >= 4 is 17.3 Å². The summed E-state index contributed by atoms with van der Waals surface area (Å²) in [5, 5.41) is 13.5. The average Bonchev–Trinajstić information content (AvgIpc) is 2.33. The molecule has 0 heterocycles. The normalized spacial score (nSPS) is 12.8. The lowest BCUT2D eigenvalue weighted by Gasteiger charge is -2.27. The number of nitro groups is 1. The summed E-state index contributed by atoms with van der Waals surface area (Å²) >= 11 is 0. The molecule has 6 nitrogen and oxygen atoms in total. The van der Waals surface area contributed by atoms with Gasteiger partial charge in [-0.15, -0.1) is 0 Å². The fraction of sp³-hybridized carbons (Fsp3) is 0.500. The lowest BCUT2D eigenvalue weighted by molar-refractivity contribution is -0.383. The van der Waals surface area contributed by atoms with E-state index >= 15 is 0 Å². The smallest absolute Gasteiger partial charge is 0.292 e. The summed E-state index contributed by atoms with van der Waals surface area (Å²) in [6.07, 6.45) is 0. The lowest BCUT2D eigenvalue weighted by Crippen LogP contribution is -2.33. The van der Waals surface area contributed by atoms with Gasteiger partial charge in [0, 0.05) is 18.2 Å². The third kappa shape index (κ3) is 3.94. The summed E-state index contributed by atoms with van der Waals surface area (Å²) in [7, 11) is 0. The zero-order valence-corrected chi connectivity index (χ0v) is 12.3. The van der Waals surface area contributed by atoms with Crippen LogP contribution in [0.25, 0.3) is 0 Å². The molecule has 0 radical (unpaired) electrons. The summed E-state index contributed by atoms with van der Waals surface area (Å²) in [6, 6.07) is 3.98. The third-order valence-electron chi connectivity index (χ3n) is 3.53. The predicted molar refractivity (Wildman–Crippen MR) is 78.5 cm³/mol. The first kappa shape index (κ1) is 15.9. The molecule has 1 atom stereocenters. The van der Waals surface area contributed by atoms with Crippen molar-refractivity contribution in [1.82, 2.24) is 5.32 Å². The van der Waals surface area contributed by atoms with E-state index < -0.39 is 4.92 Å². The number of carbonyl (C=O) groups excluding carboxylic acids is 1. The predicted octanol–water partition coefficient (Wildman–Crippen LogP) is 2.59. The van der Waals surface area contributed by atoms with Crippen LogP contribution in [0.3, 0.4) is 0 Å². The van der Waals surface area contributed by atoms with Gasteiger partial charge >= 0.3 is 0 Å².